The number of benzene rings is 1. The molecule has 174 valence electrons. The van der Waals surface area contributed by atoms with Gasteiger partial charge >= 0.3 is 0 Å². The zero-order valence-electron chi connectivity index (χ0n) is 19.5. The Morgan fingerprint density at radius 3 is 2.32 bits per heavy atom. The highest BCUT2D eigenvalue weighted by Gasteiger charge is 2.24. The third-order valence-electron chi connectivity index (χ3n) is 6.43. The maximum Gasteiger partial charge on any atom is 0.191 e. The summed E-state index contributed by atoms with van der Waals surface area (Å²) in [6.45, 7) is 12.8. The number of aliphatic hydroxyl groups is 1. The van der Waals surface area contributed by atoms with Gasteiger partial charge in [-0.1, -0.05) is 38.1 Å². The summed E-state index contributed by atoms with van der Waals surface area (Å²) in [5.41, 5.74) is 2.57. The van der Waals surface area contributed by atoms with Crippen LogP contribution in [-0.2, 0) is 17.8 Å². The first-order chi connectivity index (χ1) is 15.0. The lowest BCUT2D eigenvalue weighted by atomic mass is 10.0. The van der Waals surface area contributed by atoms with Crippen molar-refractivity contribution in [2.24, 2.45) is 10.9 Å². The molecule has 1 aromatic carbocycles. The molecule has 2 aliphatic heterocycles. The molecular formula is C24H41N5O2. The summed E-state index contributed by atoms with van der Waals surface area (Å²) in [6.07, 6.45) is 1.66. The smallest absolute Gasteiger partial charge is 0.191 e. The second-order valence-corrected chi connectivity index (χ2v) is 9.09. The molecule has 0 aromatic heterocycles. The van der Waals surface area contributed by atoms with Crippen LogP contribution in [0, 0.1) is 5.92 Å². The molecule has 2 aliphatic rings. The average molecular weight is 432 g/mol. The topological polar surface area (TPSA) is 72.4 Å². The number of ether oxygens (including phenoxy) is 1. The van der Waals surface area contributed by atoms with Gasteiger partial charge in [-0.15, -0.1) is 0 Å². The molecule has 2 saturated heterocycles. The Bertz CT molecular complexity index is 665. The molecule has 31 heavy (non-hydrogen) atoms. The Kier molecular flexibility index (Phi) is 9.58. The van der Waals surface area contributed by atoms with Gasteiger partial charge in [0.15, 0.2) is 5.96 Å². The lowest BCUT2D eigenvalue weighted by Crippen LogP contribution is -2.52. The van der Waals surface area contributed by atoms with Crippen molar-refractivity contribution in [3.05, 3.63) is 35.4 Å². The number of aliphatic imine (C=N–C) groups is 1. The summed E-state index contributed by atoms with van der Waals surface area (Å²) < 4.78 is 5.51. The Morgan fingerprint density at radius 1 is 1.06 bits per heavy atom. The normalized spacial score (nSPS) is 20.7. The van der Waals surface area contributed by atoms with Gasteiger partial charge < -0.3 is 20.5 Å². The highest BCUT2D eigenvalue weighted by molar-refractivity contribution is 5.79. The highest BCUT2D eigenvalue weighted by atomic mass is 16.5. The van der Waals surface area contributed by atoms with Crippen molar-refractivity contribution in [2.75, 3.05) is 53.0 Å². The van der Waals surface area contributed by atoms with Gasteiger partial charge in [0.25, 0.3) is 0 Å². The summed E-state index contributed by atoms with van der Waals surface area (Å²) >= 11 is 0. The van der Waals surface area contributed by atoms with E-state index in [-0.39, 0.29) is 6.10 Å². The predicted molar refractivity (Wildman–Crippen MR) is 126 cm³/mol. The van der Waals surface area contributed by atoms with E-state index in [4.69, 9.17) is 4.74 Å². The van der Waals surface area contributed by atoms with Crippen LogP contribution in [0.5, 0.6) is 0 Å². The van der Waals surface area contributed by atoms with Crippen molar-refractivity contribution in [3.8, 4) is 0 Å². The van der Waals surface area contributed by atoms with Gasteiger partial charge in [-0.25, -0.2) is 0 Å². The van der Waals surface area contributed by atoms with E-state index in [9.17, 15) is 5.11 Å². The summed E-state index contributed by atoms with van der Waals surface area (Å²) in [5.74, 6) is 1.41. The molecule has 2 fully saturated rings. The van der Waals surface area contributed by atoms with Gasteiger partial charge in [-0.2, -0.15) is 0 Å². The second kappa shape index (κ2) is 12.4. The molecule has 0 aliphatic carbocycles. The van der Waals surface area contributed by atoms with Crippen LogP contribution in [0.1, 0.15) is 37.8 Å². The molecule has 0 amide bonds. The van der Waals surface area contributed by atoms with E-state index in [1.807, 2.05) is 7.05 Å². The minimum Gasteiger partial charge on any atom is -0.393 e. The Hall–Kier alpha value is -1.67. The molecule has 0 saturated carbocycles. The Labute approximate surface area is 187 Å². The van der Waals surface area contributed by atoms with Crippen molar-refractivity contribution in [1.82, 2.24) is 20.4 Å². The predicted octanol–water partition coefficient (Wildman–Crippen LogP) is 1.67. The monoisotopic (exact) mass is 431 g/mol. The summed E-state index contributed by atoms with van der Waals surface area (Å²) in [4.78, 5) is 9.35. The van der Waals surface area contributed by atoms with Gasteiger partial charge in [0.05, 0.1) is 19.3 Å². The lowest BCUT2D eigenvalue weighted by molar-refractivity contribution is 0.00752. The lowest BCUT2D eigenvalue weighted by Gasteiger charge is -2.37. The molecule has 7 nitrogen and oxygen atoms in total. The molecule has 2 heterocycles. The SMILES string of the molecule is CN=C(NCc1ccc(CN2CCC(O)CC2)cc1)NCC(C(C)C)N1CCOCC1. The third kappa shape index (κ3) is 7.75. The molecular weight excluding hydrogens is 390 g/mol. The fourth-order valence-corrected chi connectivity index (χ4v) is 4.40. The van der Waals surface area contributed by atoms with Crippen molar-refractivity contribution in [3.63, 3.8) is 0 Å². The van der Waals surface area contributed by atoms with Crippen LogP contribution >= 0.6 is 0 Å². The van der Waals surface area contributed by atoms with Crippen molar-refractivity contribution in [1.29, 1.82) is 0 Å². The van der Waals surface area contributed by atoms with Crippen molar-refractivity contribution < 1.29 is 9.84 Å². The number of hydrogen-bond donors (Lipinski definition) is 3. The molecule has 3 N–H and O–H groups in total. The minimum absolute atomic E-state index is 0.113. The van der Waals surface area contributed by atoms with E-state index < -0.39 is 0 Å². The first-order valence-electron chi connectivity index (χ1n) is 11.8. The maximum atomic E-state index is 9.66. The summed E-state index contributed by atoms with van der Waals surface area (Å²) in [6, 6.07) is 9.28. The average Bonchev–Trinajstić information content (AvgIpc) is 2.79. The van der Waals surface area contributed by atoms with Crippen molar-refractivity contribution in [2.45, 2.75) is 51.9 Å². The van der Waals surface area contributed by atoms with Gasteiger partial charge in [0, 0.05) is 58.9 Å². The molecule has 3 rings (SSSR count). The van der Waals surface area contributed by atoms with Crippen LogP contribution in [-0.4, -0.2) is 86.0 Å². The van der Waals surface area contributed by atoms with Crippen LogP contribution < -0.4 is 10.6 Å². The number of guanidine groups is 1. The Morgan fingerprint density at radius 2 is 1.71 bits per heavy atom. The molecule has 0 radical (unpaired) electrons. The molecule has 7 heteroatoms. The van der Waals surface area contributed by atoms with Crippen LogP contribution in [0.3, 0.4) is 0 Å². The van der Waals surface area contributed by atoms with E-state index in [1.54, 1.807) is 0 Å². The number of hydrogen-bond acceptors (Lipinski definition) is 5. The van der Waals surface area contributed by atoms with E-state index in [2.05, 4.69) is 63.5 Å². The van der Waals surface area contributed by atoms with Crippen LogP contribution in [0.15, 0.2) is 29.3 Å². The standard InChI is InChI=1S/C24H41N5O2/c1-19(2)23(29-12-14-31-15-13-29)17-27-24(25-3)26-16-20-4-6-21(7-5-20)18-28-10-8-22(30)9-11-28/h4-7,19,22-23,30H,8-18H2,1-3H3,(H2,25,26,27). The largest absolute Gasteiger partial charge is 0.393 e. The number of nitrogens with one attached hydrogen (secondary N) is 2. The van der Waals surface area contributed by atoms with E-state index >= 15 is 0 Å². The molecule has 1 unspecified atom stereocenters. The van der Waals surface area contributed by atoms with E-state index in [0.717, 1.165) is 77.8 Å². The van der Waals surface area contributed by atoms with Gasteiger partial charge in [0.1, 0.15) is 0 Å². The molecule has 0 spiro atoms. The van der Waals surface area contributed by atoms with E-state index in [1.165, 1.54) is 11.1 Å². The third-order valence-corrected chi connectivity index (χ3v) is 6.43. The van der Waals surface area contributed by atoms with Crippen molar-refractivity contribution >= 4 is 5.96 Å². The number of likely N-dealkylation sites (tertiary alicyclic amines) is 1. The molecule has 0 bridgehead atoms. The van der Waals surface area contributed by atoms with Gasteiger partial charge in [0.2, 0.25) is 0 Å². The Balaban J connectivity index is 1.43. The van der Waals surface area contributed by atoms with Crippen LogP contribution in [0.4, 0.5) is 0 Å². The first kappa shape index (κ1) is 24.0. The van der Waals surface area contributed by atoms with Crippen LogP contribution in [0.2, 0.25) is 0 Å². The number of piperidine rings is 1. The zero-order valence-corrected chi connectivity index (χ0v) is 19.5. The fourth-order valence-electron chi connectivity index (χ4n) is 4.40. The highest BCUT2D eigenvalue weighted by Crippen LogP contribution is 2.15. The number of rotatable bonds is 8. The number of aliphatic hydroxyl groups excluding tert-OH is 1. The summed E-state index contributed by atoms with van der Waals surface area (Å²) in [7, 11) is 1.83. The maximum absolute atomic E-state index is 9.66. The molecule has 1 atom stereocenters. The second-order valence-electron chi connectivity index (χ2n) is 9.09. The van der Waals surface area contributed by atoms with Crippen LogP contribution in [0.25, 0.3) is 0 Å². The number of nitrogens with zero attached hydrogens (tertiary/aromatic N) is 3. The fraction of sp³-hybridized carbons (Fsp3) is 0.708. The number of morpholine rings is 1. The summed E-state index contributed by atoms with van der Waals surface area (Å²) in [5, 5.41) is 16.6. The van der Waals surface area contributed by atoms with Gasteiger partial charge in [-0.3, -0.25) is 14.8 Å². The molecule has 1 aromatic rings. The zero-order chi connectivity index (χ0) is 22.1. The quantitative estimate of drug-likeness (QED) is 0.430. The first-order valence-corrected chi connectivity index (χ1v) is 11.8. The van der Waals surface area contributed by atoms with Gasteiger partial charge in [-0.05, 0) is 29.9 Å². The van der Waals surface area contributed by atoms with E-state index in [0.29, 0.717) is 12.0 Å². The minimum atomic E-state index is -0.113.